The predicted molar refractivity (Wildman–Crippen MR) is 126 cm³/mol. The molecule has 6 unspecified atom stereocenters. The van der Waals surface area contributed by atoms with Gasteiger partial charge >= 0.3 is 0 Å². The van der Waals surface area contributed by atoms with E-state index < -0.39 is 5.79 Å². The molecule has 4 rings (SSSR count). The lowest BCUT2D eigenvalue weighted by atomic mass is 9.87. The van der Waals surface area contributed by atoms with Crippen LogP contribution in [0.2, 0.25) is 0 Å². The van der Waals surface area contributed by atoms with E-state index in [-0.39, 0.29) is 25.4 Å². The van der Waals surface area contributed by atoms with Gasteiger partial charge in [0.05, 0.1) is 24.4 Å². The molecule has 0 bridgehead atoms. The van der Waals surface area contributed by atoms with E-state index in [1.807, 2.05) is 24.3 Å². The molecule has 0 saturated carbocycles. The highest BCUT2D eigenvalue weighted by Gasteiger charge is 2.38. The van der Waals surface area contributed by atoms with Gasteiger partial charge in [-0.1, -0.05) is 38.1 Å². The maximum Gasteiger partial charge on any atom is 0.237 e. The van der Waals surface area contributed by atoms with Crippen LogP contribution < -0.4 is 9.47 Å². The van der Waals surface area contributed by atoms with E-state index >= 15 is 0 Å². The molecule has 2 saturated heterocycles. The van der Waals surface area contributed by atoms with E-state index in [1.165, 1.54) is 11.1 Å². The Labute approximate surface area is 197 Å². The van der Waals surface area contributed by atoms with Crippen molar-refractivity contribution < 1.29 is 28.4 Å². The van der Waals surface area contributed by atoms with Gasteiger partial charge in [0, 0.05) is 26.1 Å². The molecular formula is C27H36O6. The van der Waals surface area contributed by atoms with Crippen LogP contribution in [0.3, 0.4) is 0 Å². The molecule has 6 heteroatoms. The minimum absolute atomic E-state index is 0.161. The van der Waals surface area contributed by atoms with Crippen LogP contribution in [0.25, 0.3) is 0 Å². The summed E-state index contributed by atoms with van der Waals surface area (Å²) in [6.45, 7) is 9.02. The summed E-state index contributed by atoms with van der Waals surface area (Å²) in [5.41, 5.74) is 2.33. The normalized spacial score (nSPS) is 29.2. The first-order chi connectivity index (χ1) is 15.9. The molecule has 2 aliphatic rings. The molecule has 0 spiro atoms. The van der Waals surface area contributed by atoms with Crippen molar-refractivity contribution in [3.8, 4) is 11.5 Å². The maximum atomic E-state index is 5.98. The van der Waals surface area contributed by atoms with Gasteiger partial charge in [-0.2, -0.15) is 0 Å². The number of rotatable bonds is 10. The Morgan fingerprint density at radius 3 is 1.27 bits per heavy atom. The van der Waals surface area contributed by atoms with Crippen LogP contribution >= 0.6 is 0 Å². The van der Waals surface area contributed by atoms with Crippen molar-refractivity contribution in [2.45, 2.75) is 57.9 Å². The first-order valence-corrected chi connectivity index (χ1v) is 11.7. The van der Waals surface area contributed by atoms with Crippen LogP contribution in [0, 0.1) is 11.8 Å². The minimum atomic E-state index is -1.03. The molecular weight excluding hydrogens is 420 g/mol. The van der Waals surface area contributed by atoms with Crippen LogP contribution in [-0.4, -0.2) is 45.4 Å². The second kappa shape index (κ2) is 10.0. The Bertz CT molecular complexity index is 820. The maximum absolute atomic E-state index is 5.98. The van der Waals surface area contributed by atoms with Gasteiger partial charge in [-0.05, 0) is 49.2 Å². The Morgan fingerprint density at radius 1 is 0.636 bits per heavy atom. The van der Waals surface area contributed by atoms with Gasteiger partial charge in [0.25, 0.3) is 0 Å². The van der Waals surface area contributed by atoms with Crippen molar-refractivity contribution in [1.82, 2.24) is 0 Å². The average molecular weight is 457 g/mol. The standard InChI is InChI=1S/C27H36O6/c1-17-19(3)32-25(17)21-7-11-23(12-8-21)30-15-27(28-5,29-6)16-31-24-13-9-22(10-14-24)26-18(2)20(4)33-26/h7-14,17-20,25-26H,15-16H2,1-6H3. The van der Waals surface area contributed by atoms with E-state index in [4.69, 9.17) is 28.4 Å². The fraction of sp³-hybridized carbons (Fsp3) is 0.556. The van der Waals surface area contributed by atoms with Gasteiger partial charge in [-0.25, -0.2) is 0 Å². The third-order valence-electron chi connectivity index (χ3n) is 7.24. The summed E-state index contributed by atoms with van der Waals surface area (Å²) in [7, 11) is 3.19. The van der Waals surface area contributed by atoms with Gasteiger partial charge in [0.15, 0.2) is 0 Å². The summed E-state index contributed by atoms with van der Waals surface area (Å²) < 4.78 is 34.9. The van der Waals surface area contributed by atoms with E-state index in [1.54, 1.807) is 14.2 Å². The molecule has 2 aromatic carbocycles. The summed E-state index contributed by atoms with van der Waals surface area (Å²) >= 11 is 0. The monoisotopic (exact) mass is 456 g/mol. The van der Waals surface area contributed by atoms with Crippen molar-refractivity contribution in [3.05, 3.63) is 59.7 Å². The van der Waals surface area contributed by atoms with Gasteiger partial charge < -0.3 is 28.4 Å². The number of hydrogen-bond acceptors (Lipinski definition) is 6. The SMILES string of the molecule is COC(COc1ccc(C2OC(C)C2C)cc1)(COc1ccc(C2OC(C)C2C)cc1)OC. The molecule has 6 atom stereocenters. The molecule has 0 radical (unpaired) electrons. The highest BCUT2D eigenvalue weighted by Crippen LogP contribution is 2.41. The third-order valence-corrected chi connectivity index (χ3v) is 7.24. The quantitative estimate of drug-likeness (QED) is 0.451. The Balaban J connectivity index is 1.31. The summed E-state index contributed by atoms with van der Waals surface area (Å²) in [5.74, 6) is 1.49. The zero-order valence-corrected chi connectivity index (χ0v) is 20.4. The summed E-state index contributed by atoms with van der Waals surface area (Å²) in [6, 6.07) is 16.0. The van der Waals surface area contributed by atoms with Crippen LogP contribution in [-0.2, 0) is 18.9 Å². The zero-order chi connectivity index (χ0) is 23.6. The molecule has 33 heavy (non-hydrogen) atoms. The minimum Gasteiger partial charge on any atom is -0.488 e. The molecule has 0 aliphatic carbocycles. The smallest absolute Gasteiger partial charge is 0.237 e. The Kier molecular flexibility index (Phi) is 7.29. The van der Waals surface area contributed by atoms with Crippen LogP contribution in [0.15, 0.2) is 48.5 Å². The molecule has 2 aliphatic heterocycles. The van der Waals surface area contributed by atoms with E-state index in [0.717, 1.165) is 11.5 Å². The first kappa shape index (κ1) is 24.0. The highest BCUT2D eigenvalue weighted by molar-refractivity contribution is 5.31. The molecule has 2 heterocycles. The number of hydrogen-bond donors (Lipinski definition) is 0. The fourth-order valence-electron chi connectivity index (χ4n) is 4.29. The summed E-state index contributed by atoms with van der Waals surface area (Å²) in [4.78, 5) is 0. The molecule has 2 fully saturated rings. The van der Waals surface area contributed by atoms with E-state index in [0.29, 0.717) is 24.0 Å². The molecule has 0 aromatic heterocycles. The second-order valence-electron chi connectivity index (χ2n) is 9.28. The topological polar surface area (TPSA) is 55.4 Å². The summed E-state index contributed by atoms with van der Waals surface area (Å²) in [6.07, 6.45) is 0.941. The average Bonchev–Trinajstić information content (AvgIpc) is 2.86. The van der Waals surface area contributed by atoms with Crippen LogP contribution in [0.4, 0.5) is 0 Å². The lowest BCUT2D eigenvalue weighted by Crippen LogP contribution is -2.46. The van der Waals surface area contributed by atoms with Gasteiger partial charge in [0.1, 0.15) is 24.7 Å². The lowest BCUT2D eigenvalue weighted by Gasteiger charge is -2.41. The highest BCUT2D eigenvalue weighted by atomic mass is 16.7. The zero-order valence-electron chi connectivity index (χ0n) is 20.4. The molecule has 180 valence electrons. The summed E-state index contributed by atoms with van der Waals surface area (Å²) in [5, 5.41) is 0. The number of ether oxygens (including phenoxy) is 6. The second-order valence-corrected chi connectivity index (χ2v) is 9.28. The van der Waals surface area contributed by atoms with E-state index in [9.17, 15) is 0 Å². The molecule has 0 amide bonds. The number of benzene rings is 2. The number of methoxy groups -OCH3 is 2. The van der Waals surface area contributed by atoms with Gasteiger partial charge in [0.2, 0.25) is 5.79 Å². The third kappa shape index (κ3) is 5.04. The van der Waals surface area contributed by atoms with E-state index in [2.05, 4.69) is 52.0 Å². The Hall–Kier alpha value is -2.12. The lowest BCUT2D eigenvalue weighted by molar-refractivity contribution is -0.236. The van der Waals surface area contributed by atoms with Crippen molar-refractivity contribution in [3.63, 3.8) is 0 Å². The van der Waals surface area contributed by atoms with Crippen LogP contribution in [0.5, 0.6) is 11.5 Å². The van der Waals surface area contributed by atoms with Crippen molar-refractivity contribution in [2.24, 2.45) is 11.8 Å². The van der Waals surface area contributed by atoms with Crippen LogP contribution in [0.1, 0.15) is 51.0 Å². The van der Waals surface area contributed by atoms with Gasteiger partial charge in [-0.15, -0.1) is 0 Å². The largest absolute Gasteiger partial charge is 0.488 e. The fourth-order valence-corrected chi connectivity index (χ4v) is 4.29. The first-order valence-electron chi connectivity index (χ1n) is 11.7. The molecule has 6 nitrogen and oxygen atoms in total. The molecule has 0 N–H and O–H groups in total. The molecule has 2 aromatic rings. The van der Waals surface area contributed by atoms with Crippen molar-refractivity contribution in [2.75, 3.05) is 27.4 Å². The van der Waals surface area contributed by atoms with Gasteiger partial charge in [-0.3, -0.25) is 0 Å². The van der Waals surface area contributed by atoms with Crippen molar-refractivity contribution in [1.29, 1.82) is 0 Å². The van der Waals surface area contributed by atoms with Crippen molar-refractivity contribution >= 4 is 0 Å². The Morgan fingerprint density at radius 2 is 1.00 bits per heavy atom. The predicted octanol–water partition coefficient (Wildman–Crippen LogP) is 5.33.